The van der Waals surface area contributed by atoms with Crippen molar-refractivity contribution in [2.45, 2.75) is 13.2 Å². The van der Waals surface area contributed by atoms with Crippen molar-refractivity contribution in [2.75, 3.05) is 7.05 Å². The maximum Gasteiger partial charge on any atom is 0.203 e. The van der Waals surface area contributed by atoms with Crippen LogP contribution in [0.1, 0.15) is 5.56 Å². The third-order valence-corrected chi connectivity index (χ3v) is 4.82. The minimum absolute atomic E-state index is 0.644. The number of hydrogen-bond acceptors (Lipinski definition) is 3. The molecule has 3 aromatic carbocycles. The summed E-state index contributed by atoms with van der Waals surface area (Å²) < 4.78 is 4.48. The summed E-state index contributed by atoms with van der Waals surface area (Å²) in [6.07, 6.45) is 1.78. The largest absolute Gasteiger partial charge is 0.283 e. The van der Waals surface area contributed by atoms with Gasteiger partial charge in [-0.1, -0.05) is 54.6 Å². The van der Waals surface area contributed by atoms with Crippen LogP contribution in [-0.4, -0.2) is 26.3 Å². The molecule has 26 heavy (non-hydrogen) atoms. The molecule has 1 heterocycles. The molecular weight excluding hydrogens is 340 g/mol. The Hall–Kier alpha value is -2.76. The van der Waals surface area contributed by atoms with Gasteiger partial charge in [0.1, 0.15) is 6.33 Å². The summed E-state index contributed by atoms with van der Waals surface area (Å²) in [5.74, 6) is 0. The Morgan fingerprint density at radius 3 is 2.46 bits per heavy atom. The molecule has 0 aliphatic carbocycles. The fourth-order valence-electron chi connectivity index (χ4n) is 3.13. The van der Waals surface area contributed by atoms with Crippen LogP contribution in [0.25, 0.3) is 16.5 Å². The smallest absolute Gasteiger partial charge is 0.203 e. The van der Waals surface area contributed by atoms with E-state index in [1.54, 1.807) is 6.33 Å². The van der Waals surface area contributed by atoms with Gasteiger partial charge in [-0.15, -0.1) is 0 Å². The highest BCUT2D eigenvalue weighted by molar-refractivity contribution is 7.71. The van der Waals surface area contributed by atoms with Crippen molar-refractivity contribution in [1.82, 2.24) is 19.2 Å². The fraction of sp³-hybridized carbons (Fsp3) is 0.143. The molecule has 5 heteroatoms. The Balaban J connectivity index is 1.50. The van der Waals surface area contributed by atoms with E-state index in [0.717, 1.165) is 12.2 Å². The molecule has 0 bridgehead atoms. The van der Waals surface area contributed by atoms with Crippen molar-refractivity contribution in [3.63, 3.8) is 0 Å². The zero-order chi connectivity index (χ0) is 17.9. The molecule has 0 N–H and O–H groups in total. The summed E-state index contributed by atoms with van der Waals surface area (Å²) in [5, 5.41) is 6.99. The number of aromatic nitrogens is 3. The zero-order valence-corrected chi connectivity index (χ0v) is 15.4. The molecule has 130 valence electrons. The van der Waals surface area contributed by atoms with Crippen molar-refractivity contribution in [3.8, 4) is 5.69 Å². The average Bonchev–Trinajstić information content (AvgIpc) is 3.02. The minimum Gasteiger partial charge on any atom is -0.283 e. The number of rotatable bonds is 5. The first-order valence-electron chi connectivity index (χ1n) is 8.57. The molecule has 0 atom stereocenters. The van der Waals surface area contributed by atoms with E-state index in [9.17, 15) is 0 Å². The summed E-state index contributed by atoms with van der Waals surface area (Å²) in [4.78, 5) is 2.21. The van der Waals surface area contributed by atoms with Crippen molar-refractivity contribution < 1.29 is 0 Å². The summed E-state index contributed by atoms with van der Waals surface area (Å²) in [7, 11) is 2.08. The monoisotopic (exact) mass is 360 g/mol. The van der Waals surface area contributed by atoms with Crippen molar-refractivity contribution in [1.29, 1.82) is 0 Å². The molecule has 0 unspecified atom stereocenters. The Kier molecular flexibility index (Phi) is 4.65. The molecule has 4 rings (SSSR count). The van der Waals surface area contributed by atoms with Crippen molar-refractivity contribution >= 4 is 23.0 Å². The lowest BCUT2D eigenvalue weighted by molar-refractivity contribution is 0.244. The van der Waals surface area contributed by atoms with E-state index in [4.69, 9.17) is 12.2 Å². The molecule has 0 aliphatic heterocycles. The molecule has 1 aromatic heterocycles. The Morgan fingerprint density at radius 2 is 1.65 bits per heavy atom. The molecule has 0 saturated heterocycles. The number of fused-ring (bicyclic) bond motifs is 1. The van der Waals surface area contributed by atoms with Gasteiger partial charge in [0.25, 0.3) is 0 Å². The highest BCUT2D eigenvalue weighted by Gasteiger charge is 2.07. The second-order valence-electron chi connectivity index (χ2n) is 6.46. The van der Waals surface area contributed by atoms with Gasteiger partial charge in [-0.2, -0.15) is 5.10 Å². The summed E-state index contributed by atoms with van der Waals surface area (Å²) in [6, 6.07) is 25.1. The van der Waals surface area contributed by atoms with E-state index >= 15 is 0 Å². The average molecular weight is 360 g/mol. The van der Waals surface area contributed by atoms with Crippen LogP contribution in [0.2, 0.25) is 0 Å². The van der Waals surface area contributed by atoms with Gasteiger partial charge < -0.3 is 0 Å². The Bertz CT molecular complexity index is 1080. The van der Waals surface area contributed by atoms with E-state index in [1.165, 1.54) is 16.3 Å². The molecule has 4 nitrogen and oxygen atoms in total. The third-order valence-electron chi connectivity index (χ3n) is 4.41. The Morgan fingerprint density at radius 1 is 0.923 bits per heavy atom. The SMILES string of the molecule is CN(Cc1ccc2ccccc2c1)Cn1ncn(-c2ccccc2)c1=S. The van der Waals surface area contributed by atoms with Crippen LogP contribution in [-0.2, 0) is 13.2 Å². The lowest BCUT2D eigenvalue weighted by Crippen LogP contribution is -2.22. The molecule has 4 aromatic rings. The van der Waals surface area contributed by atoms with Gasteiger partial charge in [0.05, 0.1) is 6.67 Å². The van der Waals surface area contributed by atoms with Gasteiger partial charge in [0, 0.05) is 12.2 Å². The predicted octanol–water partition coefficient (Wildman–Crippen LogP) is 4.65. The fourth-order valence-corrected chi connectivity index (χ4v) is 3.38. The highest BCUT2D eigenvalue weighted by Crippen LogP contribution is 2.17. The summed E-state index contributed by atoms with van der Waals surface area (Å²) in [6.45, 7) is 1.48. The molecule has 0 fully saturated rings. The predicted molar refractivity (Wildman–Crippen MR) is 108 cm³/mol. The number of benzene rings is 3. The first kappa shape index (κ1) is 16.7. The zero-order valence-electron chi connectivity index (χ0n) is 14.6. The second-order valence-corrected chi connectivity index (χ2v) is 6.82. The van der Waals surface area contributed by atoms with Crippen LogP contribution in [0.4, 0.5) is 0 Å². The van der Waals surface area contributed by atoms with Gasteiger partial charge in [0.15, 0.2) is 0 Å². The molecule has 0 saturated carbocycles. The number of para-hydroxylation sites is 1. The third kappa shape index (κ3) is 3.45. The maximum absolute atomic E-state index is 5.59. The van der Waals surface area contributed by atoms with Gasteiger partial charge in [-0.05, 0) is 53.8 Å². The van der Waals surface area contributed by atoms with E-state index in [1.807, 2.05) is 39.6 Å². The molecule has 0 amide bonds. The van der Waals surface area contributed by atoms with E-state index < -0.39 is 0 Å². The van der Waals surface area contributed by atoms with Gasteiger partial charge in [0.2, 0.25) is 4.77 Å². The van der Waals surface area contributed by atoms with Gasteiger partial charge in [-0.25, -0.2) is 4.68 Å². The lowest BCUT2D eigenvalue weighted by Gasteiger charge is -2.17. The van der Waals surface area contributed by atoms with E-state index in [0.29, 0.717) is 11.4 Å². The van der Waals surface area contributed by atoms with Crippen molar-refractivity contribution in [2.24, 2.45) is 0 Å². The maximum atomic E-state index is 5.59. The van der Waals surface area contributed by atoms with E-state index in [-0.39, 0.29) is 0 Å². The summed E-state index contributed by atoms with van der Waals surface area (Å²) >= 11 is 5.59. The molecule has 0 radical (unpaired) electrons. The van der Waals surface area contributed by atoms with Crippen LogP contribution < -0.4 is 0 Å². The van der Waals surface area contributed by atoms with Gasteiger partial charge in [-0.3, -0.25) is 9.47 Å². The quantitative estimate of drug-likeness (QED) is 0.485. The van der Waals surface area contributed by atoms with E-state index in [2.05, 4.69) is 59.5 Å². The van der Waals surface area contributed by atoms with Crippen LogP contribution >= 0.6 is 12.2 Å². The first-order valence-corrected chi connectivity index (χ1v) is 8.98. The minimum atomic E-state index is 0.644. The van der Waals surface area contributed by atoms with Crippen LogP contribution in [0.3, 0.4) is 0 Å². The topological polar surface area (TPSA) is 26.0 Å². The van der Waals surface area contributed by atoms with Crippen LogP contribution in [0.5, 0.6) is 0 Å². The summed E-state index contributed by atoms with van der Waals surface area (Å²) in [5.41, 5.74) is 2.31. The Labute approximate surface area is 157 Å². The van der Waals surface area contributed by atoms with Crippen LogP contribution in [0.15, 0.2) is 79.1 Å². The molecule has 0 spiro atoms. The standard InChI is InChI=1S/C21H20N4S/c1-23(14-17-11-12-18-7-5-6-8-19(18)13-17)16-25-21(26)24(15-22-25)20-9-3-2-4-10-20/h2-13,15H,14,16H2,1H3. The number of nitrogens with zero attached hydrogens (tertiary/aromatic N) is 4. The normalized spacial score (nSPS) is 11.3. The first-order chi connectivity index (χ1) is 12.7. The van der Waals surface area contributed by atoms with Gasteiger partial charge >= 0.3 is 0 Å². The van der Waals surface area contributed by atoms with Crippen LogP contribution in [0, 0.1) is 4.77 Å². The number of hydrogen-bond donors (Lipinski definition) is 0. The second kappa shape index (κ2) is 7.23. The lowest BCUT2D eigenvalue weighted by atomic mass is 10.1. The molecule has 0 aliphatic rings. The van der Waals surface area contributed by atoms with Crippen molar-refractivity contribution in [3.05, 3.63) is 89.5 Å². The molecular formula is C21H20N4S. The highest BCUT2D eigenvalue weighted by atomic mass is 32.1.